The lowest BCUT2D eigenvalue weighted by Crippen LogP contribution is -2.45. The first kappa shape index (κ1) is 26.4. The molecule has 0 aliphatic heterocycles. The molecule has 2 N–H and O–H groups in total. The van der Waals surface area contributed by atoms with E-state index in [1.165, 1.54) is 4.90 Å². The number of unbranched alkanes of at least 4 members (excludes halogenated alkanes) is 1. The van der Waals surface area contributed by atoms with Gasteiger partial charge in [-0.25, -0.2) is 4.79 Å². The third-order valence-electron chi connectivity index (χ3n) is 4.96. The van der Waals surface area contributed by atoms with Gasteiger partial charge in [0.25, 0.3) is 0 Å². The number of hydrogen-bond acceptors (Lipinski definition) is 3. The van der Waals surface area contributed by atoms with Crippen LogP contribution in [-0.4, -0.2) is 46.2 Å². The Balaban J connectivity index is 4.41. The lowest BCUT2D eigenvalue weighted by molar-refractivity contribution is -0.151. The first-order chi connectivity index (χ1) is 12.6. The van der Waals surface area contributed by atoms with Crippen molar-refractivity contribution < 1.29 is 19.8 Å². The molecule has 0 bridgehead atoms. The summed E-state index contributed by atoms with van der Waals surface area (Å²) < 4.78 is 2.00. The molecule has 0 unspecified atom stereocenters. The number of nitrogens with zero attached hydrogens (tertiary/aromatic N) is 1. The van der Waals surface area contributed by atoms with Crippen molar-refractivity contribution in [2.75, 3.05) is 7.05 Å². The fraction of sp³-hybridized carbons (Fsp3) is 0.810. The van der Waals surface area contributed by atoms with Crippen LogP contribution < -0.4 is 0 Å². The normalized spacial score (nSPS) is 16.3. The maximum absolute atomic E-state index is 12.7. The fourth-order valence-electron chi connectivity index (χ4n) is 3.35. The summed E-state index contributed by atoms with van der Waals surface area (Å²) in [5.41, 5.74) is 0. The van der Waals surface area contributed by atoms with Gasteiger partial charge in [-0.1, -0.05) is 56.4 Å². The van der Waals surface area contributed by atoms with Crippen molar-refractivity contribution in [2.24, 2.45) is 17.8 Å². The predicted molar refractivity (Wildman–Crippen MR) is 119 cm³/mol. The summed E-state index contributed by atoms with van der Waals surface area (Å²) >= 11 is 2.20. The zero-order valence-corrected chi connectivity index (χ0v) is 19.7. The van der Waals surface area contributed by atoms with Crippen LogP contribution in [0.4, 0.5) is 0 Å². The van der Waals surface area contributed by atoms with Crippen LogP contribution in [-0.2, 0) is 9.59 Å². The van der Waals surface area contributed by atoms with Crippen molar-refractivity contribution in [1.29, 1.82) is 0 Å². The number of rotatable bonds is 14. The third kappa shape index (κ3) is 11.7. The number of halogens is 1. The maximum Gasteiger partial charge on any atom is 0.326 e. The minimum atomic E-state index is -0.944. The summed E-state index contributed by atoms with van der Waals surface area (Å²) in [6.07, 6.45) is 7.39. The number of allylic oxidation sites excluding steroid dienone is 1. The summed E-state index contributed by atoms with van der Waals surface area (Å²) in [6, 6.07) is -0.770. The van der Waals surface area contributed by atoms with E-state index >= 15 is 0 Å². The number of carbonyl (C=O) groups excluding carboxylic acids is 1. The Morgan fingerprint density at radius 3 is 2.22 bits per heavy atom. The molecule has 0 aliphatic carbocycles. The molecular weight excluding hydrogens is 457 g/mol. The number of aliphatic hydroxyl groups excluding tert-OH is 1. The highest BCUT2D eigenvalue weighted by atomic mass is 127. The van der Waals surface area contributed by atoms with E-state index in [-0.39, 0.29) is 23.8 Å². The van der Waals surface area contributed by atoms with Crippen molar-refractivity contribution in [3.8, 4) is 0 Å². The number of likely N-dealkylation sites (N-methyl/N-ethyl adjacent to an activating group) is 1. The van der Waals surface area contributed by atoms with E-state index < -0.39 is 12.0 Å². The maximum atomic E-state index is 12.7. The van der Waals surface area contributed by atoms with E-state index in [9.17, 15) is 19.8 Å². The number of aliphatic carboxylic acids is 1. The minimum absolute atomic E-state index is 0.110. The van der Waals surface area contributed by atoms with Gasteiger partial charge in [0, 0.05) is 13.0 Å². The Morgan fingerprint density at radius 2 is 1.70 bits per heavy atom. The van der Waals surface area contributed by atoms with Gasteiger partial charge in [0.1, 0.15) is 6.04 Å². The summed E-state index contributed by atoms with van der Waals surface area (Å²) in [6.45, 7) is 7.89. The third-order valence-corrected chi connectivity index (χ3v) is 5.47. The second-order valence-electron chi connectivity index (χ2n) is 8.20. The zero-order chi connectivity index (χ0) is 21.0. The molecule has 0 saturated heterocycles. The quantitative estimate of drug-likeness (QED) is 0.266. The van der Waals surface area contributed by atoms with E-state index in [4.69, 9.17) is 0 Å². The van der Waals surface area contributed by atoms with Crippen LogP contribution in [0.5, 0.6) is 0 Å². The molecule has 0 aliphatic rings. The van der Waals surface area contributed by atoms with Gasteiger partial charge in [-0.2, -0.15) is 0 Å². The predicted octanol–water partition coefficient (Wildman–Crippen LogP) is 4.87. The van der Waals surface area contributed by atoms with Crippen molar-refractivity contribution in [3.63, 3.8) is 0 Å². The number of aliphatic hydroxyl groups is 1. The number of hydrogen-bond donors (Lipinski definition) is 2. The van der Waals surface area contributed by atoms with Crippen molar-refractivity contribution in [3.05, 3.63) is 10.2 Å². The molecule has 0 aromatic carbocycles. The molecule has 27 heavy (non-hydrogen) atoms. The van der Waals surface area contributed by atoms with Gasteiger partial charge in [0.2, 0.25) is 5.91 Å². The Kier molecular flexibility index (Phi) is 14.0. The smallest absolute Gasteiger partial charge is 0.326 e. The monoisotopic (exact) mass is 495 g/mol. The lowest BCUT2D eigenvalue weighted by Gasteiger charge is -2.29. The van der Waals surface area contributed by atoms with Gasteiger partial charge in [0.05, 0.1) is 6.10 Å². The van der Waals surface area contributed by atoms with E-state index in [1.807, 2.05) is 24.9 Å². The fourth-order valence-corrected chi connectivity index (χ4v) is 3.71. The molecule has 6 heteroatoms. The topological polar surface area (TPSA) is 77.8 Å². The van der Waals surface area contributed by atoms with Gasteiger partial charge >= 0.3 is 5.97 Å². The minimum Gasteiger partial charge on any atom is -0.480 e. The zero-order valence-electron chi connectivity index (χ0n) is 17.5. The Hall–Kier alpha value is -0.630. The van der Waals surface area contributed by atoms with Crippen molar-refractivity contribution >= 4 is 34.5 Å². The summed E-state index contributed by atoms with van der Waals surface area (Å²) in [7, 11) is 1.60. The molecule has 0 aromatic rings. The number of carboxylic acids is 1. The van der Waals surface area contributed by atoms with Gasteiger partial charge in [0.15, 0.2) is 0 Å². The first-order valence-corrected chi connectivity index (χ1v) is 11.3. The molecule has 0 radical (unpaired) electrons. The Labute approximate surface area is 178 Å². The van der Waals surface area contributed by atoms with Crippen LogP contribution in [0.25, 0.3) is 0 Å². The van der Waals surface area contributed by atoms with Crippen LogP contribution >= 0.6 is 22.6 Å². The largest absolute Gasteiger partial charge is 0.480 e. The second kappa shape index (κ2) is 14.4. The van der Waals surface area contributed by atoms with Crippen LogP contribution in [0, 0.1) is 17.8 Å². The molecule has 0 saturated carbocycles. The Morgan fingerprint density at radius 1 is 1.07 bits per heavy atom. The summed E-state index contributed by atoms with van der Waals surface area (Å²) in [5, 5.41) is 19.5. The van der Waals surface area contributed by atoms with E-state index in [0.717, 1.165) is 32.1 Å². The molecule has 1 amide bonds. The highest BCUT2D eigenvalue weighted by Crippen LogP contribution is 2.22. The number of carboxylic acid groups (broad SMARTS) is 1. The molecule has 158 valence electrons. The number of amides is 1. The molecule has 0 rings (SSSR count). The van der Waals surface area contributed by atoms with Crippen molar-refractivity contribution in [1.82, 2.24) is 4.90 Å². The molecule has 0 aromatic heterocycles. The molecule has 0 fully saturated rings. The first-order valence-electron chi connectivity index (χ1n) is 10.0. The average Bonchev–Trinajstić information content (AvgIpc) is 2.59. The second-order valence-corrected chi connectivity index (χ2v) is 8.92. The average molecular weight is 495 g/mol. The van der Waals surface area contributed by atoms with Crippen molar-refractivity contribution in [2.45, 2.75) is 84.8 Å². The summed E-state index contributed by atoms with van der Waals surface area (Å²) in [4.78, 5) is 25.6. The SMILES string of the molecule is CC(C)C[C@@H](C(=O)O)N(C)C(=O)[C@H](C)C[C@@H](C)CC[C@H](O)CCC/C=C\I. The van der Waals surface area contributed by atoms with Crippen LogP contribution in [0.3, 0.4) is 0 Å². The van der Waals surface area contributed by atoms with Gasteiger partial charge < -0.3 is 15.1 Å². The van der Waals surface area contributed by atoms with Crippen LogP contribution in [0.15, 0.2) is 10.2 Å². The molecule has 5 nitrogen and oxygen atoms in total. The lowest BCUT2D eigenvalue weighted by atomic mass is 9.90. The van der Waals surface area contributed by atoms with E-state index in [2.05, 4.69) is 35.6 Å². The summed E-state index contributed by atoms with van der Waals surface area (Å²) in [5.74, 6) is -0.745. The van der Waals surface area contributed by atoms with E-state index in [0.29, 0.717) is 18.8 Å². The van der Waals surface area contributed by atoms with E-state index in [1.54, 1.807) is 7.05 Å². The number of carbonyl (C=O) groups is 2. The molecule has 4 atom stereocenters. The standard InChI is InChI=1S/C21H38INO4/c1-15(2)13-19(21(26)27)23(5)20(25)17(4)14-16(3)10-11-18(24)9-7-6-8-12-22/h8,12,15-19,24H,6-7,9-11,13-14H2,1-5H3,(H,26,27)/b12-8-/t16-,17+,18+,19-/m0/s1. The van der Waals surface area contributed by atoms with Gasteiger partial charge in [-0.3, -0.25) is 4.79 Å². The molecule has 0 heterocycles. The van der Waals surface area contributed by atoms with Crippen LogP contribution in [0.1, 0.15) is 72.6 Å². The van der Waals surface area contributed by atoms with Crippen LogP contribution in [0.2, 0.25) is 0 Å². The molecular formula is C21H38INO4. The molecule has 0 spiro atoms. The van der Waals surface area contributed by atoms with Gasteiger partial charge in [-0.05, 0) is 60.9 Å². The van der Waals surface area contributed by atoms with Gasteiger partial charge in [-0.15, -0.1) is 0 Å². The highest BCUT2D eigenvalue weighted by Gasteiger charge is 2.30. The Bertz CT molecular complexity index is 467. The highest BCUT2D eigenvalue weighted by molar-refractivity contribution is 14.1.